The molecule has 1 saturated heterocycles. The Morgan fingerprint density at radius 1 is 1.53 bits per heavy atom. The lowest BCUT2D eigenvalue weighted by molar-refractivity contribution is 0.317. The standard InChI is InChI=1S/C12H17NO2/c1-2-15-12-8-9(5-6-11(12)14)10-4-3-7-13-10/h5-6,8,10,13-14H,2-4,7H2,1H3. The third-order valence-electron chi connectivity index (χ3n) is 2.75. The maximum atomic E-state index is 9.56. The lowest BCUT2D eigenvalue weighted by atomic mass is 10.0. The van der Waals surface area contributed by atoms with Crippen molar-refractivity contribution >= 4 is 0 Å². The fourth-order valence-corrected chi connectivity index (χ4v) is 1.99. The zero-order chi connectivity index (χ0) is 10.7. The van der Waals surface area contributed by atoms with E-state index in [2.05, 4.69) is 5.32 Å². The molecule has 1 aromatic carbocycles. The van der Waals surface area contributed by atoms with Gasteiger partial charge in [-0.1, -0.05) is 6.07 Å². The Balaban J connectivity index is 2.21. The summed E-state index contributed by atoms with van der Waals surface area (Å²) in [7, 11) is 0. The fourth-order valence-electron chi connectivity index (χ4n) is 1.99. The average molecular weight is 207 g/mol. The van der Waals surface area contributed by atoms with Crippen molar-refractivity contribution in [3.63, 3.8) is 0 Å². The molecule has 1 aliphatic heterocycles. The normalized spacial score (nSPS) is 20.5. The minimum Gasteiger partial charge on any atom is -0.504 e. The average Bonchev–Trinajstić information content (AvgIpc) is 2.75. The van der Waals surface area contributed by atoms with Gasteiger partial charge in [-0.2, -0.15) is 0 Å². The minimum absolute atomic E-state index is 0.221. The molecule has 15 heavy (non-hydrogen) atoms. The van der Waals surface area contributed by atoms with E-state index in [4.69, 9.17) is 4.74 Å². The van der Waals surface area contributed by atoms with Crippen LogP contribution in [0.2, 0.25) is 0 Å². The number of phenolic OH excluding ortho intramolecular Hbond substituents is 1. The van der Waals surface area contributed by atoms with Crippen LogP contribution >= 0.6 is 0 Å². The van der Waals surface area contributed by atoms with E-state index in [1.54, 1.807) is 6.07 Å². The second kappa shape index (κ2) is 4.53. The summed E-state index contributed by atoms with van der Waals surface area (Å²) in [6.07, 6.45) is 2.38. The van der Waals surface area contributed by atoms with E-state index in [1.165, 1.54) is 12.0 Å². The van der Waals surface area contributed by atoms with E-state index in [0.717, 1.165) is 13.0 Å². The Kier molecular flexibility index (Phi) is 3.11. The molecule has 1 atom stereocenters. The van der Waals surface area contributed by atoms with Gasteiger partial charge in [0.15, 0.2) is 11.5 Å². The van der Waals surface area contributed by atoms with Gasteiger partial charge in [0.05, 0.1) is 6.61 Å². The number of nitrogens with one attached hydrogen (secondary N) is 1. The topological polar surface area (TPSA) is 41.5 Å². The van der Waals surface area contributed by atoms with Crippen LogP contribution in [0.4, 0.5) is 0 Å². The molecular formula is C12H17NO2. The number of hydrogen-bond acceptors (Lipinski definition) is 3. The molecule has 3 heteroatoms. The fraction of sp³-hybridized carbons (Fsp3) is 0.500. The first-order valence-electron chi connectivity index (χ1n) is 5.50. The van der Waals surface area contributed by atoms with Crippen LogP contribution in [0.15, 0.2) is 18.2 Å². The van der Waals surface area contributed by atoms with Gasteiger partial charge in [0.1, 0.15) is 0 Å². The molecule has 2 rings (SSSR count). The molecule has 0 spiro atoms. The second-order valence-corrected chi connectivity index (χ2v) is 3.81. The molecule has 82 valence electrons. The van der Waals surface area contributed by atoms with E-state index in [0.29, 0.717) is 18.4 Å². The first-order valence-corrected chi connectivity index (χ1v) is 5.50. The van der Waals surface area contributed by atoms with E-state index >= 15 is 0 Å². The third-order valence-corrected chi connectivity index (χ3v) is 2.75. The Bertz CT molecular complexity index is 332. The number of phenols is 1. The van der Waals surface area contributed by atoms with Crippen molar-refractivity contribution in [2.24, 2.45) is 0 Å². The number of hydrogen-bond donors (Lipinski definition) is 2. The summed E-state index contributed by atoms with van der Waals surface area (Å²) in [5.74, 6) is 0.808. The van der Waals surface area contributed by atoms with Crippen molar-refractivity contribution in [3.05, 3.63) is 23.8 Å². The summed E-state index contributed by atoms with van der Waals surface area (Å²) in [6.45, 7) is 3.57. The van der Waals surface area contributed by atoms with Gasteiger partial charge in [0, 0.05) is 6.04 Å². The van der Waals surface area contributed by atoms with Crippen LogP contribution in [0.25, 0.3) is 0 Å². The summed E-state index contributed by atoms with van der Waals surface area (Å²) in [6, 6.07) is 6.02. The van der Waals surface area contributed by atoms with Gasteiger partial charge in [-0.3, -0.25) is 0 Å². The van der Waals surface area contributed by atoms with Gasteiger partial charge >= 0.3 is 0 Å². The van der Waals surface area contributed by atoms with Gasteiger partial charge < -0.3 is 15.2 Å². The van der Waals surface area contributed by atoms with Gasteiger partial charge in [-0.25, -0.2) is 0 Å². The van der Waals surface area contributed by atoms with Gasteiger partial charge in [-0.05, 0) is 44.0 Å². The molecule has 0 radical (unpaired) electrons. The second-order valence-electron chi connectivity index (χ2n) is 3.81. The van der Waals surface area contributed by atoms with E-state index in [-0.39, 0.29) is 5.75 Å². The van der Waals surface area contributed by atoms with E-state index in [9.17, 15) is 5.11 Å². The first-order chi connectivity index (χ1) is 7.31. The summed E-state index contributed by atoms with van der Waals surface area (Å²) in [5, 5.41) is 13.0. The van der Waals surface area contributed by atoms with Crippen molar-refractivity contribution in [1.29, 1.82) is 0 Å². The van der Waals surface area contributed by atoms with Crippen LogP contribution in [0.1, 0.15) is 31.4 Å². The van der Waals surface area contributed by atoms with Crippen molar-refractivity contribution in [1.82, 2.24) is 5.32 Å². The lowest BCUT2D eigenvalue weighted by Crippen LogP contribution is -2.12. The SMILES string of the molecule is CCOc1cc(C2CCCN2)ccc1O. The van der Waals surface area contributed by atoms with Crippen LogP contribution in [0.5, 0.6) is 11.5 Å². The summed E-state index contributed by atoms with van der Waals surface area (Å²) < 4.78 is 5.36. The molecule has 3 nitrogen and oxygen atoms in total. The van der Waals surface area contributed by atoms with Gasteiger partial charge in [-0.15, -0.1) is 0 Å². The molecule has 0 aliphatic carbocycles. The molecule has 0 aromatic heterocycles. The number of benzene rings is 1. The predicted octanol–water partition coefficient (Wildman–Crippen LogP) is 2.22. The molecule has 0 saturated carbocycles. The highest BCUT2D eigenvalue weighted by molar-refractivity contribution is 5.42. The Hall–Kier alpha value is -1.22. The molecule has 1 heterocycles. The highest BCUT2D eigenvalue weighted by Crippen LogP contribution is 2.31. The number of ether oxygens (including phenoxy) is 1. The van der Waals surface area contributed by atoms with Gasteiger partial charge in [0.2, 0.25) is 0 Å². The predicted molar refractivity (Wildman–Crippen MR) is 59.3 cm³/mol. The highest BCUT2D eigenvalue weighted by Gasteiger charge is 2.17. The van der Waals surface area contributed by atoms with Crippen LogP contribution in [-0.4, -0.2) is 18.3 Å². The molecule has 0 amide bonds. The molecular weight excluding hydrogens is 190 g/mol. The van der Waals surface area contributed by atoms with E-state index < -0.39 is 0 Å². The largest absolute Gasteiger partial charge is 0.504 e. The van der Waals surface area contributed by atoms with E-state index in [1.807, 2.05) is 19.1 Å². The van der Waals surface area contributed by atoms with Crippen LogP contribution in [0.3, 0.4) is 0 Å². The Labute approximate surface area is 90.1 Å². The van der Waals surface area contributed by atoms with Crippen LogP contribution in [-0.2, 0) is 0 Å². The highest BCUT2D eigenvalue weighted by atomic mass is 16.5. The quantitative estimate of drug-likeness (QED) is 0.798. The summed E-state index contributed by atoms with van der Waals surface area (Å²) >= 11 is 0. The third kappa shape index (κ3) is 2.23. The van der Waals surface area contributed by atoms with Crippen molar-refractivity contribution < 1.29 is 9.84 Å². The molecule has 1 aromatic rings. The first kappa shape index (κ1) is 10.3. The zero-order valence-electron chi connectivity index (χ0n) is 8.99. The van der Waals surface area contributed by atoms with Crippen molar-refractivity contribution in [3.8, 4) is 11.5 Å². The molecule has 1 fully saturated rings. The van der Waals surface area contributed by atoms with Crippen molar-refractivity contribution in [2.75, 3.05) is 13.2 Å². The molecule has 1 aliphatic rings. The zero-order valence-corrected chi connectivity index (χ0v) is 8.99. The lowest BCUT2D eigenvalue weighted by Gasteiger charge is -2.13. The molecule has 1 unspecified atom stereocenters. The maximum Gasteiger partial charge on any atom is 0.161 e. The minimum atomic E-state index is 0.221. The summed E-state index contributed by atoms with van der Waals surface area (Å²) in [4.78, 5) is 0. The number of rotatable bonds is 3. The smallest absolute Gasteiger partial charge is 0.161 e. The Morgan fingerprint density at radius 3 is 3.07 bits per heavy atom. The monoisotopic (exact) mass is 207 g/mol. The summed E-state index contributed by atoms with van der Waals surface area (Å²) in [5.41, 5.74) is 1.20. The Morgan fingerprint density at radius 2 is 2.40 bits per heavy atom. The van der Waals surface area contributed by atoms with Crippen LogP contribution < -0.4 is 10.1 Å². The molecule has 2 N–H and O–H groups in total. The van der Waals surface area contributed by atoms with Crippen molar-refractivity contribution in [2.45, 2.75) is 25.8 Å². The van der Waals surface area contributed by atoms with Crippen LogP contribution in [0, 0.1) is 0 Å². The maximum absolute atomic E-state index is 9.56. The molecule has 0 bridgehead atoms. The van der Waals surface area contributed by atoms with Gasteiger partial charge in [0.25, 0.3) is 0 Å². The number of aromatic hydroxyl groups is 1.